The number of piperazine rings is 1. The summed E-state index contributed by atoms with van der Waals surface area (Å²) in [5.41, 5.74) is 2.37. The fraction of sp³-hybridized carbons (Fsp3) is 0.194. The highest BCUT2D eigenvalue weighted by Gasteiger charge is 2.19. The van der Waals surface area contributed by atoms with Crippen molar-refractivity contribution in [2.45, 2.75) is 13.2 Å². The molecule has 1 aromatic heterocycles. The van der Waals surface area contributed by atoms with Crippen LogP contribution in [0.2, 0.25) is 0 Å². The first kappa shape index (κ1) is 25.4. The Morgan fingerprint density at radius 2 is 1.39 bits per heavy atom. The lowest BCUT2D eigenvalue weighted by atomic mass is 10.0. The van der Waals surface area contributed by atoms with E-state index in [0.717, 1.165) is 37.3 Å². The Bertz CT molecular complexity index is 1350. The molecule has 38 heavy (non-hydrogen) atoms. The number of nitrogens with one attached hydrogen (secondary N) is 1. The molecular weight excluding hydrogens is 484 g/mol. The third-order valence-corrected chi connectivity index (χ3v) is 6.25. The van der Waals surface area contributed by atoms with E-state index in [4.69, 9.17) is 9.47 Å². The van der Waals surface area contributed by atoms with E-state index in [1.807, 2.05) is 66.9 Å². The second-order valence-corrected chi connectivity index (χ2v) is 9.01. The molecule has 0 spiro atoms. The quantitative estimate of drug-likeness (QED) is 0.295. The number of hydrogen-bond donors (Lipinski definition) is 1. The fourth-order valence-electron chi connectivity index (χ4n) is 4.23. The molecule has 0 aliphatic carbocycles. The van der Waals surface area contributed by atoms with Gasteiger partial charge in [0.25, 0.3) is 0 Å². The highest BCUT2D eigenvalue weighted by molar-refractivity contribution is 5.72. The zero-order chi connectivity index (χ0) is 26.2. The van der Waals surface area contributed by atoms with Crippen LogP contribution in [0.4, 0.5) is 8.78 Å². The van der Waals surface area contributed by atoms with Gasteiger partial charge in [-0.2, -0.15) is 4.98 Å². The summed E-state index contributed by atoms with van der Waals surface area (Å²) in [7, 11) is 0. The number of rotatable bonds is 9. The van der Waals surface area contributed by atoms with Crippen LogP contribution in [0, 0.1) is 11.6 Å². The summed E-state index contributed by atoms with van der Waals surface area (Å²) in [5, 5.41) is 3.28. The molecular formula is C31H29F2N3O2. The van der Waals surface area contributed by atoms with E-state index in [1.165, 1.54) is 12.1 Å². The molecule has 2 heterocycles. The van der Waals surface area contributed by atoms with E-state index >= 15 is 8.78 Å². The van der Waals surface area contributed by atoms with Crippen molar-refractivity contribution in [3.63, 3.8) is 0 Å². The molecule has 4 aromatic rings. The molecule has 1 N–H and O–H groups in total. The topological polar surface area (TPSA) is 46.6 Å². The van der Waals surface area contributed by atoms with Crippen LogP contribution in [0.1, 0.15) is 16.7 Å². The predicted octanol–water partition coefficient (Wildman–Crippen LogP) is 6.06. The van der Waals surface area contributed by atoms with Gasteiger partial charge < -0.3 is 19.7 Å². The average molecular weight is 514 g/mol. The van der Waals surface area contributed by atoms with E-state index in [-0.39, 0.29) is 23.6 Å². The van der Waals surface area contributed by atoms with Gasteiger partial charge in [0.05, 0.1) is 11.1 Å². The maximum atomic E-state index is 15.4. The number of aromatic nitrogens is 1. The Kier molecular flexibility index (Phi) is 8.26. The number of hydrogen-bond acceptors (Lipinski definition) is 5. The molecule has 0 saturated carbocycles. The molecule has 5 rings (SSSR count). The van der Waals surface area contributed by atoms with Crippen LogP contribution < -0.4 is 14.8 Å². The van der Waals surface area contributed by atoms with Crippen molar-refractivity contribution in [1.29, 1.82) is 0 Å². The van der Waals surface area contributed by atoms with Crippen molar-refractivity contribution >= 4 is 6.08 Å². The van der Waals surface area contributed by atoms with E-state index in [2.05, 4.69) is 15.2 Å². The van der Waals surface area contributed by atoms with Crippen molar-refractivity contribution in [1.82, 2.24) is 15.2 Å². The average Bonchev–Trinajstić information content (AvgIpc) is 2.96. The lowest BCUT2D eigenvalue weighted by molar-refractivity contribution is 0.268. The van der Waals surface area contributed by atoms with Gasteiger partial charge in [-0.15, -0.1) is 0 Å². The third-order valence-electron chi connectivity index (χ3n) is 6.25. The zero-order valence-electron chi connectivity index (χ0n) is 20.9. The van der Waals surface area contributed by atoms with Gasteiger partial charge in [0.2, 0.25) is 11.8 Å². The van der Waals surface area contributed by atoms with Gasteiger partial charge in [0, 0.05) is 32.2 Å². The van der Waals surface area contributed by atoms with Crippen molar-refractivity contribution in [3.05, 3.63) is 119 Å². The van der Waals surface area contributed by atoms with Crippen molar-refractivity contribution in [2.24, 2.45) is 0 Å². The molecule has 0 atom stereocenters. The Balaban J connectivity index is 1.42. The van der Waals surface area contributed by atoms with Crippen LogP contribution in [-0.2, 0) is 13.2 Å². The van der Waals surface area contributed by atoms with Gasteiger partial charge in [-0.3, -0.25) is 0 Å². The van der Waals surface area contributed by atoms with E-state index in [1.54, 1.807) is 18.2 Å². The summed E-state index contributed by atoms with van der Waals surface area (Å²) >= 11 is 0. The first-order valence-corrected chi connectivity index (χ1v) is 12.6. The maximum absolute atomic E-state index is 15.4. The number of halogens is 2. The molecule has 5 nitrogen and oxygen atoms in total. The van der Waals surface area contributed by atoms with Crippen LogP contribution in [0.15, 0.2) is 91.1 Å². The molecule has 1 fully saturated rings. The Morgan fingerprint density at radius 1 is 0.789 bits per heavy atom. The number of benzene rings is 3. The standard InChI is InChI=1S/C31H29F2N3O2/c32-27-19-25(13-16-36-17-14-34-15-18-36)20-28(33)30(27)26-11-12-29(37-21-23-7-3-1-4-8-23)35-31(26)38-22-24-9-5-2-6-10-24/h1-13,16,19-20,34H,14-15,17-18,21-22H2. The van der Waals surface area contributed by atoms with Crippen LogP contribution >= 0.6 is 0 Å². The van der Waals surface area contributed by atoms with Gasteiger partial charge in [-0.1, -0.05) is 60.7 Å². The van der Waals surface area contributed by atoms with Crippen LogP contribution in [-0.4, -0.2) is 36.1 Å². The molecule has 0 amide bonds. The summed E-state index contributed by atoms with van der Waals surface area (Å²) in [5.74, 6) is -0.970. The van der Waals surface area contributed by atoms with Crippen molar-refractivity contribution < 1.29 is 18.3 Å². The van der Waals surface area contributed by atoms with Gasteiger partial charge in [0.15, 0.2) is 0 Å². The Morgan fingerprint density at radius 3 is 2.03 bits per heavy atom. The smallest absolute Gasteiger partial charge is 0.225 e. The first-order valence-electron chi connectivity index (χ1n) is 12.6. The molecule has 7 heteroatoms. The van der Waals surface area contributed by atoms with Crippen LogP contribution in [0.3, 0.4) is 0 Å². The first-order chi connectivity index (χ1) is 18.7. The van der Waals surface area contributed by atoms with E-state index < -0.39 is 11.6 Å². The highest BCUT2D eigenvalue weighted by atomic mass is 19.1. The van der Waals surface area contributed by atoms with E-state index in [9.17, 15) is 0 Å². The number of pyridine rings is 1. The molecule has 194 valence electrons. The van der Waals surface area contributed by atoms with Gasteiger partial charge >= 0.3 is 0 Å². The van der Waals surface area contributed by atoms with Crippen LogP contribution in [0.25, 0.3) is 17.2 Å². The molecule has 3 aromatic carbocycles. The highest BCUT2D eigenvalue weighted by Crippen LogP contribution is 2.35. The Hall–Kier alpha value is -4.23. The lowest BCUT2D eigenvalue weighted by Gasteiger charge is -2.25. The van der Waals surface area contributed by atoms with Crippen LogP contribution in [0.5, 0.6) is 11.8 Å². The van der Waals surface area contributed by atoms with E-state index in [0.29, 0.717) is 18.1 Å². The minimum Gasteiger partial charge on any atom is -0.473 e. The summed E-state index contributed by atoms with van der Waals surface area (Å²) < 4.78 is 42.6. The second kappa shape index (κ2) is 12.3. The maximum Gasteiger partial charge on any atom is 0.225 e. The second-order valence-electron chi connectivity index (χ2n) is 9.01. The minimum absolute atomic E-state index is 0.0984. The lowest BCUT2D eigenvalue weighted by Crippen LogP contribution is -2.40. The normalized spacial score (nSPS) is 13.6. The number of nitrogens with zero attached hydrogens (tertiary/aromatic N) is 2. The zero-order valence-corrected chi connectivity index (χ0v) is 20.9. The minimum atomic E-state index is -0.686. The summed E-state index contributed by atoms with van der Waals surface area (Å²) in [6, 6.07) is 25.1. The number of ether oxygens (including phenoxy) is 2. The summed E-state index contributed by atoms with van der Waals surface area (Å²) in [6.07, 6.45) is 3.61. The molecule has 1 aliphatic heterocycles. The molecule has 0 bridgehead atoms. The molecule has 0 unspecified atom stereocenters. The molecule has 0 radical (unpaired) electrons. The molecule has 1 aliphatic rings. The Labute approximate surface area is 221 Å². The van der Waals surface area contributed by atoms with Gasteiger partial charge in [-0.25, -0.2) is 8.78 Å². The van der Waals surface area contributed by atoms with Gasteiger partial charge in [-0.05, 0) is 47.2 Å². The van der Waals surface area contributed by atoms with Crippen molar-refractivity contribution in [2.75, 3.05) is 26.2 Å². The molecule has 1 saturated heterocycles. The third kappa shape index (κ3) is 6.55. The predicted molar refractivity (Wildman–Crippen MR) is 145 cm³/mol. The SMILES string of the molecule is Fc1cc(C=CN2CCNCC2)cc(F)c1-c1ccc(OCc2ccccc2)nc1OCc1ccccc1. The summed E-state index contributed by atoms with van der Waals surface area (Å²) in [4.78, 5) is 6.60. The summed E-state index contributed by atoms with van der Waals surface area (Å²) in [6.45, 7) is 3.98. The monoisotopic (exact) mass is 513 g/mol. The van der Waals surface area contributed by atoms with Crippen molar-refractivity contribution in [3.8, 4) is 22.9 Å². The largest absolute Gasteiger partial charge is 0.473 e. The fourth-order valence-corrected chi connectivity index (χ4v) is 4.23. The van der Waals surface area contributed by atoms with Gasteiger partial charge in [0.1, 0.15) is 24.8 Å².